The minimum absolute atomic E-state index is 0.362. The third kappa shape index (κ3) is 2.87. The van der Waals surface area contributed by atoms with E-state index in [2.05, 4.69) is 4.90 Å². The van der Waals surface area contributed by atoms with E-state index in [1.165, 1.54) is 0 Å². The van der Waals surface area contributed by atoms with Crippen LogP contribution in [0.3, 0.4) is 0 Å². The van der Waals surface area contributed by atoms with E-state index in [4.69, 9.17) is 15.2 Å². The molecule has 0 amide bonds. The molecule has 1 fully saturated rings. The maximum absolute atomic E-state index is 5.69. The van der Waals surface area contributed by atoms with Crippen molar-refractivity contribution in [2.75, 3.05) is 33.4 Å². The number of rotatable bonds is 5. The van der Waals surface area contributed by atoms with Crippen LogP contribution in [0.15, 0.2) is 24.3 Å². The molecule has 0 bridgehead atoms. The van der Waals surface area contributed by atoms with Gasteiger partial charge in [-0.05, 0) is 24.3 Å². The maximum Gasteiger partial charge on any atom is 0.119 e. The number of nitrogens with two attached hydrogens (primary N) is 1. The van der Waals surface area contributed by atoms with Crippen molar-refractivity contribution in [3.8, 4) is 11.5 Å². The van der Waals surface area contributed by atoms with E-state index in [0.29, 0.717) is 12.6 Å². The fourth-order valence-corrected chi connectivity index (χ4v) is 1.76. The van der Waals surface area contributed by atoms with Gasteiger partial charge in [-0.1, -0.05) is 0 Å². The topological polar surface area (TPSA) is 47.7 Å². The average molecular weight is 222 g/mol. The zero-order valence-corrected chi connectivity index (χ0v) is 9.56. The minimum Gasteiger partial charge on any atom is -0.497 e. The molecule has 0 atom stereocenters. The molecule has 4 heteroatoms. The molecule has 0 radical (unpaired) electrons. The molecule has 0 aromatic heterocycles. The molecule has 1 saturated heterocycles. The van der Waals surface area contributed by atoms with Gasteiger partial charge in [-0.3, -0.25) is 4.90 Å². The van der Waals surface area contributed by atoms with Gasteiger partial charge in [-0.25, -0.2) is 0 Å². The number of nitrogens with zero attached hydrogens (tertiary/aromatic N) is 1. The van der Waals surface area contributed by atoms with Gasteiger partial charge in [0.25, 0.3) is 0 Å². The molecular formula is C12H18N2O2. The lowest BCUT2D eigenvalue weighted by molar-refractivity contribution is 0.124. The second-order valence-corrected chi connectivity index (χ2v) is 4.04. The summed E-state index contributed by atoms with van der Waals surface area (Å²) < 4.78 is 10.7. The first-order valence-electron chi connectivity index (χ1n) is 5.53. The molecule has 16 heavy (non-hydrogen) atoms. The van der Waals surface area contributed by atoms with Gasteiger partial charge in [0.05, 0.1) is 7.11 Å². The fourth-order valence-electron chi connectivity index (χ4n) is 1.76. The zero-order chi connectivity index (χ0) is 11.4. The first kappa shape index (κ1) is 11.2. The molecule has 0 saturated carbocycles. The molecule has 2 rings (SSSR count). The van der Waals surface area contributed by atoms with Gasteiger partial charge in [0, 0.05) is 25.7 Å². The quantitative estimate of drug-likeness (QED) is 0.797. The van der Waals surface area contributed by atoms with Crippen molar-refractivity contribution in [2.24, 2.45) is 5.73 Å². The summed E-state index contributed by atoms with van der Waals surface area (Å²) in [6, 6.07) is 7.99. The Morgan fingerprint density at radius 3 is 2.44 bits per heavy atom. The second-order valence-electron chi connectivity index (χ2n) is 4.04. The summed E-state index contributed by atoms with van der Waals surface area (Å²) in [6.07, 6.45) is 0. The lowest BCUT2D eigenvalue weighted by atomic mass is 10.1. The summed E-state index contributed by atoms with van der Waals surface area (Å²) in [5.41, 5.74) is 5.69. The van der Waals surface area contributed by atoms with Crippen LogP contribution in [0.4, 0.5) is 0 Å². The molecule has 88 valence electrons. The molecule has 1 aliphatic heterocycles. The van der Waals surface area contributed by atoms with Crippen LogP contribution in [0.25, 0.3) is 0 Å². The molecule has 0 spiro atoms. The van der Waals surface area contributed by atoms with Crippen molar-refractivity contribution in [3.05, 3.63) is 24.3 Å². The summed E-state index contributed by atoms with van der Waals surface area (Å²) in [5.74, 6) is 1.73. The zero-order valence-electron chi connectivity index (χ0n) is 9.56. The van der Waals surface area contributed by atoms with Gasteiger partial charge < -0.3 is 15.2 Å². The monoisotopic (exact) mass is 222 g/mol. The Balaban J connectivity index is 1.68. The van der Waals surface area contributed by atoms with Crippen molar-refractivity contribution in [1.82, 2.24) is 4.90 Å². The summed E-state index contributed by atoms with van der Waals surface area (Å²) in [7, 11) is 1.66. The Hall–Kier alpha value is -1.26. The van der Waals surface area contributed by atoms with Gasteiger partial charge >= 0.3 is 0 Å². The predicted octanol–water partition coefficient (Wildman–Crippen LogP) is 0.717. The van der Waals surface area contributed by atoms with Crippen LogP contribution >= 0.6 is 0 Å². The molecule has 1 heterocycles. The maximum atomic E-state index is 5.69. The number of hydrogen-bond acceptors (Lipinski definition) is 4. The van der Waals surface area contributed by atoms with Crippen LogP contribution in [0.2, 0.25) is 0 Å². The number of methoxy groups -OCH3 is 1. The summed E-state index contributed by atoms with van der Waals surface area (Å²) in [4.78, 5) is 2.29. The highest BCUT2D eigenvalue weighted by atomic mass is 16.5. The Bertz CT molecular complexity index is 320. The van der Waals surface area contributed by atoms with E-state index in [-0.39, 0.29) is 0 Å². The van der Waals surface area contributed by atoms with Crippen LogP contribution in [-0.2, 0) is 0 Å². The highest BCUT2D eigenvalue weighted by Gasteiger charge is 2.21. The lowest BCUT2D eigenvalue weighted by Gasteiger charge is -2.36. The number of likely N-dealkylation sites (tertiary alicyclic amines) is 1. The Kier molecular flexibility index (Phi) is 3.64. The van der Waals surface area contributed by atoms with Crippen molar-refractivity contribution in [2.45, 2.75) is 6.04 Å². The largest absolute Gasteiger partial charge is 0.497 e. The van der Waals surface area contributed by atoms with Crippen LogP contribution in [0.1, 0.15) is 0 Å². The van der Waals surface area contributed by atoms with Crippen LogP contribution < -0.4 is 15.2 Å². The highest BCUT2D eigenvalue weighted by Crippen LogP contribution is 2.17. The Morgan fingerprint density at radius 1 is 1.25 bits per heavy atom. The summed E-state index contributed by atoms with van der Waals surface area (Å²) in [6.45, 7) is 3.64. The minimum atomic E-state index is 0.362. The number of ether oxygens (including phenoxy) is 2. The number of hydrogen-bond donors (Lipinski definition) is 1. The molecule has 1 aromatic carbocycles. The van der Waals surface area contributed by atoms with Crippen LogP contribution in [0.5, 0.6) is 11.5 Å². The van der Waals surface area contributed by atoms with Crippen LogP contribution in [0, 0.1) is 0 Å². The molecular weight excluding hydrogens is 204 g/mol. The van der Waals surface area contributed by atoms with Gasteiger partial charge in [0.2, 0.25) is 0 Å². The first-order valence-corrected chi connectivity index (χ1v) is 5.53. The van der Waals surface area contributed by atoms with E-state index >= 15 is 0 Å². The Morgan fingerprint density at radius 2 is 1.88 bits per heavy atom. The van der Waals surface area contributed by atoms with E-state index in [1.807, 2.05) is 24.3 Å². The highest BCUT2D eigenvalue weighted by molar-refractivity contribution is 5.31. The van der Waals surface area contributed by atoms with E-state index < -0.39 is 0 Å². The van der Waals surface area contributed by atoms with Crippen molar-refractivity contribution >= 4 is 0 Å². The standard InChI is InChI=1S/C12H18N2O2/c1-15-11-2-4-12(5-3-11)16-7-6-14-8-10(13)9-14/h2-5,10H,6-9,13H2,1H3. The van der Waals surface area contributed by atoms with E-state index in [0.717, 1.165) is 31.1 Å². The second kappa shape index (κ2) is 5.18. The van der Waals surface area contributed by atoms with Gasteiger partial charge in [-0.15, -0.1) is 0 Å². The molecule has 1 aromatic rings. The molecule has 4 nitrogen and oxygen atoms in total. The van der Waals surface area contributed by atoms with Crippen molar-refractivity contribution in [1.29, 1.82) is 0 Å². The van der Waals surface area contributed by atoms with Crippen molar-refractivity contribution in [3.63, 3.8) is 0 Å². The smallest absolute Gasteiger partial charge is 0.119 e. The third-order valence-corrected chi connectivity index (χ3v) is 2.72. The van der Waals surface area contributed by atoms with E-state index in [9.17, 15) is 0 Å². The van der Waals surface area contributed by atoms with Crippen LogP contribution in [-0.4, -0.2) is 44.3 Å². The average Bonchev–Trinajstić information content (AvgIpc) is 2.27. The normalized spacial score (nSPS) is 16.9. The molecule has 2 N–H and O–H groups in total. The molecule has 1 aliphatic rings. The fraction of sp³-hybridized carbons (Fsp3) is 0.500. The predicted molar refractivity (Wildman–Crippen MR) is 62.9 cm³/mol. The van der Waals surface area contributed by atoms with Crippen molar-refractivity contribution < 1.29 is 9.47 Å². The summed E-state index contributed by atoms with van der Waals surface area (Å²) >= 11 is 0. The van der Waals surface area contributed by atoms with E-state index in [1.54, 1.807) is 7.11 Å². The molecule has 0 unspecified atom stereocenters. The molecule has 0 aliphatic carbocycles. The third-order valence-electron chi connectivity index (χ3n) is 2.72. The SMILES string of the molecule is COc1ccc(OCCN2CC(N)C2)cc1. The number of benzene rings is 1. The van der Waals surface area contributed by atoms with Gasteiger partial charge in [-0.2, -0.15) is 0 Å². The van der Waals surface area contributed by atoms with Gasteiger partial charge in [0.15, 0.2) is 0 Å². The Labute approximate surface area is 95.9 Å². The first-order chi connectivity index (χ1) is 7.78. The summed E-state index contributed by atoms with van der Waals surface area (Å²) in [5, 5.41) is 0. The lowest BCUT2D eigenvalue weighted by Crippen LogP contribution is -2.56. The van der Waals surface area contributed by atoms with Gasteiger partial charge in [0.1, 0.15) is 18.1 Å².